The Kier molecular flexibility index (Phi) is 7.32. The van der Waals surface area contributed by atoms with Crippen LogP contribution in [0.25, 0.3) is 0 Å². The Morgan fingerprint density at radius 3 is 2.57 bits per heavy atom. The van der Waals surface area contributed by atoms with E-state index in [4.69, 9.17) is 9.47 Å². The predicted octanol–water partition coefficient (Wildman–Crippen LogP) is 2.30. The highest BCUT2D eigenvalue weighted by Crippen LogP contribution is 2.19. The summed E-state index contributed by atoms with van der Waals surface area (Å²) < 4.78 is 24.3. The average molecular weight is 297 g/mol. The quantitative estimate of drug-likeness (QED) is 0.690. The van der Waals surface area contributed by atoms with Gasteiger partial charge in [0.05, 0.1) is 12.2 Å². The molecule has 0 aliphatic rings. The van der Waals surface area contributed by atoms with Gasteiger partial charge in [-0.1, -0.05) is 6.92 Å². The van der Waals surface area contributed by atoms with Crippen molar-refractivity contribution in [3.05, 3.63) is 34.6 Å². The van der Waals surface area contributed by atoms with Gasteiger partial charge in [-0.3, -0.25) is 0 Å². The molecule has 0 N–H and O–H groups in total. The number of benzene rings is 1. The molecule has 0 heterocycles. The van der Waals surface area contributed by atoms with Gasteiger partial charge in [-0.25, -0.2) is 9.18 Å². The van der Waals surface area contributed by atoms with Gasteiger partial charge in [-0.05, 0) is 50.2 Å². The van der Waals surface area contributed by atoms with Gasteiger partial charge in [0.1, 0.15) is 12.4 Å². The second-order valence-corrected chi connectivity index (χ2v) is 5.13. The molecule has 21 heavy (non-hydrogen) atoms. The van der Waals surface area contributed by atoms with Crippen molar-refractivity contribution >= 4 is 5.97 Å². The summed E-state index contributed by atoms with van der Waals surface area (Å²) in [6.07, 6.45) is 1.16. The third-order valence-electron chi connectivity index (χ3n) is 3.22. The van der Waals surface area contributed by atoms with E-state index < -0.39 is 5.97 Å². The van der Waals surface area contributed by atoms with E-state index >= 15 is 0 Å². The topological polar surface area (TPSA) is 38.8 Å². The van der Waals surface area contributed by atoms with Gasteiger partial charge in [-0.2, -0.15) is 0 Å². The summed E-state index contributed by atoms with van der Waals surface area (Å²) in [7, 11) is 5.39. The highest BCUT2D eigenvalue weighted by atomic mass is 19.1. The Bertz CT molecular complexity index is 475. The fraction of sp³-hybridized carbons (Fsp3) is 0.562. The summed E-state index contributed by atoms with van der Waals surface area (Å²) in [5.74, 6) is -0.845. The molecule has 0 bridgehead atoms. The first-order valence-corrected chi connectivity index (χ1v) is 7.11. The molecule has 1 aromatic carbocycles. The average Bonchev–Trinajstić information content (AvgIpc) is 2.43. The molecule has 0 radical (unpaired) electrons. The lowest BCUT2D eigenvalue weighted by Crippen LogP contribution is -2.20. The lowest BCUT2D eigenvalue weighted by Gasteiger charge is -2.13. The number of ether oxygens (including phenoxy) is 2. The van der Waals surface area contributed by atoms with E-state index in [1.165, 1.54) is 6.07 Å². The highest BCUT2D eigenvalue weighted by Gasteiger charge is 2.15. The van der Waals surface area contributed by atoms with Crippen LogP contribution in [0, 0.1) is 5.82 Å². The molecule has 0 aliphatic heterocycles. The zero-order valence-corrected chi connectivity index (χ0v) is 13.2. The normalized spacial score (nSPS) is 11.0. The van der Waals surface area contributed by atoms with E-state index in [1.54, 1.807) is 13.2 Å². The monoisotopic (exact) mass is 297 g/mol. The fourth-order valence-corrected chi connectivity index (χ4v) is 2.05. The SMILES string of the molecule is CCc1c(F)cc(C(=O)OCCN(C)C)cc1CCOC. The van der Waals surface area contributed by atoms with Crippen molar-refractivity contribution in [3.63, 3.8) is 0 Å². The van der Waals surface area contributed by atoms with E-state index in [-0.39, 0.29) is 18.0 Å². The molecule has 5 heteroatoms. The number of nitrogens with zero attached hydrogens (tertiary/aromatic N) is 1. The number of carbonyl (C=O) groups excluding carboxylic acids is 1. The summed E-state index contributed by atoms with van der Waals surface area (Å²) >= 11 is 0. The van der Waals surface area contributed by atoms with Crippen molar-refractivity contribution in [3.8, 4) is 0 Å². The van der Waals surface area contributed by atoms with Crippen molar-refractivity contribution in [2.75, 3.05) is 41.0 Å². The molecule has 1 aromatic rings. The fourth-order valence-electron chi connectivity index (χ4n) is 2.05. The van der Waals surface area contributed by atoms with Crippen LogP contribution in [0.4, 0.5) is 4.39 Å². The first-order valence-electron chi connectivity index (χ1n) is 7.11. The van der Waals surface area contributed by atoms with Crippen molar-refractivity contribution in [1.29, 1.82) is 0 Å². The summed E-state index contributed by atoms with van der Waals surface area (Å²) in [5, 5.41) is 0. The Morgan fingerprint density at radius 1 is 1.29 bits per heavy atom. The first kappa shape index (κ1) is 17.6. The Labute approximate surface area is 125 Å². The van der Waals surface area contributed by atoms with Gasteiger partial charge in [0.15, 0.2) is 0 Å². The maximum absolute atomic E-state index is 14.1. The molecule has 4 nitrogen and oxygen atoms in total. The number of halogens is 1. The van der Waals surface area contributed by atoms with Crippen LogP contribution in [-0.2, 0) is 22.3 Å². The van der Waals surface area contributed by atoms with Crippen LogP contribution in [-0.4, -0.2) is 51.8 Å². The number of hydrogen-bond acceptors (Lipinski definition) is 4. The van der Waals surface area contributed by atoms with Crippen LogP contribution < -0.4 is 0 Å². The number of methoxy groups -OCH3 is 1. The first-order chi connectivity index (χ1) is 9.99. The Morgan fingerprint density at radius 2 is 2.00 bits per heavy atom. The lowest BCUT2D eigenvalue weighted by molar-refractivity contribution is 0.0481. The van der Waals surface area contributed by atoms with Gasteiger partial charge in [-0.15, -0.1) is 0 Å². The van der Waals surface area contributed by atoms with Gasteiger partial charge in [0.25, 0.3) is 0 Å². The Hall–Kier alpha value is -1.46. The second-order valence-electron chi connectivity index (χ2n) is 5.13. The molecule has 0 unspecified atom stereocenters. The molecule has 1 rings (SSSR count). The predicted molar refractivity (Wildman–Crippen MR) is 80.2 cm³/mol. The van der Waals surface area contributed by atoms with Crippen LogP contribution in [0.1, 0.15) is 28.4 Å². The van der Waals surface area contributed by atoms with Gasteiger partial charge in [0.2, 0.25) is 0 Å². The minimum absolute atomic E-state index is 0.259. The van der Waals surface area contributed by atoms with Crippen molar-refractivity contribution < 1.29 is 18.7 Å². The van der Waals surface area contributed by atoms with Crippen LogP contribution in [0.5, 0.6) is 0 Å². The summed E-state index contributed by atoms with van der Waals surface area (Å²) in [5.41, 5.74) is 1.70. The molecular weight excluding hydrogens is 273 g/mol. The number of rotatable bonds is 8. The molecule has 0 fully saturated rings. The molecule has 0 amide bonds. The largest absolute Gasteiger partial charge is 0.461 e. The maximum atomic E-state index is 14.1. The van der Waals surface area contributed by atoms with E-state index in [1.807, 2.05) is 25.9 Å². The number of carbonyl (C=O) groups is 1. The molecule has 0 saturated carbocycles. The van der Waals surface area contributed by atoms with Crippen molar-refractivity contribution in [2.45, 2.75) is 19.8 Å². The summed E-state index contributed by atoms with van der Waals surface area (Å²) in [6, 6.07) is 2.96. The third kappa shape index (κ3) is 5.44. The van der Waals surface area contributed by atoms with Gasteiger partial charge in [0, 0.05) is 13.7 Å². The van der Waals surface area contributed by atoms with Crippen LogP contribution in [0.2, 0.25) is 0 Å². The summed E-state index contributed by atoms with van der Waals surface area (Å²) in [4.78, 5) is 13.9. The van der Waals surface area contributed by atoms with Gasteiger partial charge < -0.3 is 14.4 Å². The zero-order chi connectivity index (χ0) is 15.8. The lowest BCUT2D eigenvalue weighted by atomic mass is 9.99. The van der Waals surface area contributed by atoms with Crippen LogP contribution in [0.3, 0.4) is 0 Å². The number of esters is 1. The molecule has 0 saturated heterocycles. The molecule has 0 spiro atoms. The number of hydrogen-bond donors (Lipinski definition) is 0. The standard InChI is InChI=1S/C16H24FNO3/c1-5-14-12(6-8-20-4)10-13(11-15(14)17)16(19)21-9-7-18(2)3/h10-11H,5-9H2,1-4H3. The van der Waals surface area contributed by atoms with Crippen LogP contribution >= 0.6 is 0 Å². The van der Waals surface area contributed by atoms with E-state index in [2.05, 4.69) is 0 Å². The maximum Gasteiger partial charge on any atom is 0.338 e. The highest BCUT2D eigenvalue weighted by molar-refractivity contribution is 5.89. The number of likely N-dealkylation sites (N-methyl/N-ethyl adjacent to an activating group) is 1. The summed E-state index contributed by atoms with van der Waals surface area (Å²) in [6.45, 7) is 3.31. The van der Waals surface area contributed by atoms with E-state index in [9.17, 15) is 9.18 Å². The third-order valence-corrected chi connectivity index (χ3v) is 3.22. The second kappa shape index (κ2) is 8.74. The molecule has 0 aliphatic carbocycles. The van der Waals surface area contributed by atoms with E-state index in [0.29, 0.717) is 31.6 Å². The zero-order valence-electron chi connectivity index (χ0n) is 13.2. The smallest absolute Gasteiger partial charge is 0.338 e. The molecule has 118 valence electrons. The van der Waals surface area contributed by atoms with E-state index in [0.717, 1.165) is 5.56 Å². The Balaban J connectivity index is 2.86. The molecular formula is C16H24FNO3. The van der Waals surface area contributed by atoms with Crippen molar-refractivity contribution in [2.24, 2.45) is 0 Å². The van der Waals surface area contributed by atoms with Gasteiger partial charge >= 0.3 is 5.97 Å². The minimum atomic E-state index is -0.489. The molecule has 0 atom stereocenters. The minimum Gasteiger partial charge on any atom is -0.461 e. The molecule has 0 aromatic heterocycles. The van der Waals surface area contributed by atoms with Crippen LogP contribution in [0.15, 0.2) is 12.1 Å². The van der Waals surface area contributed by atoms with Crippen molar-refractivity contribution in [1.82, 2.24) is 4.90 Å².